The highest BCUT2D eigenvalue weighted by molar-refractivity contribution is 6.46. The van der Waals surface area contributed by atoms with Gasteiger partial charge in [-0.15, -0.1) is 0 Å². The third-order valence-electron chi connectivity index (χ3n) is 6.45. The van der Waals surface area contributed by atoms with Crippen LogP contribution < -0.4 is 9.47 Å². The standard InChI is InChI=1S/C27H34N2O5/c1-6-18-9-11-19(12-10-18)25(30)23-24(20-13-14-21(33-4)22(17-20)34-5)29(27(32)26(23)31)16-15-28(7-2)8-3/h9-14,17,24,30H,6-8,15-16H2,1-5H3/b25-23-. The van der Waals surface area contributed by atoms with E-state index in [4.69, 9.17) is 9.47 Å². The Morgan fingerprint density at radius 2 is 1.62 bits per heavy atom. The van der Waals surface area contributed by atoms with Crippen LogP contribution in [0.15, 0.2) is 48.0 Å². The number of aliphatic hydroxyl groups excluding tert-OH is 1. The Kier molecular flexibility index (Phi) is 8.34. The van der Waals surface area contributed by atoms with Crippen molar-refractivity contribution < 1.29 is 24.2 Å². The van der Waals surface area contributed by atoms with Gasteiger partial charge in [-0.1, -0.05) is 51.1 Å². The van der Waals surface area contributed by atoms with Crippen molar-refractivity contribution in [1.82, 2.24) is 9.80 Å². The van der Waals surface area contributed by atoms with E-state index < -0.39 is 17.7 Å². The van der Waals surface area contributed by atoms with Gasteiger partial charge in [0.05, 0.1) is 25.8 Å². The molecular formula is C27H34N2O5. The number of aliphatic hydroxyl groups is 1. The first kappa shape index (κ1) is 25.3. The molecule has 7 nitrogen and oxygen atoms in total. The van der Waals surface area contributed by atoms with Crippen LogP contribution in [-0.4, -0.2) is 67.0 Å². The molecular weight excluding hydrogens is 432 g/mol. The number of hydrogen-bond acceptors (Lipinski definition) is 6. The van der Waals surface area contributed by atoms with Crippen molar-refractivity contribution in [2.24, 2.45) is 0 Å². The van der Waals surface area contributed by atoms with Gasteiger partial charge < -0.3 is 24.4 Å². The van der Waals surface area contributed by atoms with E-state index in [2.05, 4.69) is 18.7 Å². The summed E-state index contributed by atoms with van der Waals surface area (Å²) in [5.41, 5.74) is 2.38. The molecule has 2 aromatic carbocycles. The van der Waals surface area contributed by atoms with Gasteiger partial charge in [-0.2, -0.15) is 0 Å². The molecule has 1 N–H and O–H groups in total. The number of likely N-dealkylation sites (N-methyl/N-ethyl adjacent to an activating group) is 1. The van der Waals surface area contributed by atoms with E-state index in [1.165, 1.54) is 7.11 Å². The summed E-state index contributed by atoms with van der Waals surface area (Å²) in [5, 5.41) is 11.2. The Morgan fingerprint density at radius 3 is 2.18 bits per heavy atom. The zero-order valence-corrected chi connectivity index (χ0v) is 20.6. The molecule has 3 rings (SSSR count). The van der Waals surface area contributed by atoms with Crippen molar-refractivity contribution in [1.29, 1.82) is 0 Å². The summed E-state index contributed by atoms with van der Waals surface area (Å²) in [7, 11) is 3.09. The van der Waals surface area contributed by atoms with Gasteiger partial charge in [-0.05, 0) is 42.8 Å². The van der Waals surface area contributed by atoms with Crippen LogP contribution in [0.2, 0.25) is 0 Å². The van der Waals surface area contributed by atoms with E-state index in [0.717, 1.165) is 25.1 Å². The average molecular weight is 467 g/mol. The number of nitrogens with zero attached hydrogens (tertiary/aromatic N) is 2. The van der Waals surface area contributed by atoms with Gasteiger partial charge in [-0.3, -0.25) is 9.59 Å². The number of aryl methyl sites for hydroxylation is 1. The summed E-state index contributed by atoms with van der Waals surface area (Å²) in [5.74, 6) is -0.440. The second-order valence-electron chi connectivity index (χ2n) is 8.18. The Morgan fingerprint density at radius 1 is 0.971 bits per heavy atom. The fraction of sp³-hybridized carbons (Fsp3) is 0.407. The number of carbonyl (C=O) groups excluding carboxylic acids is 2. The number of benzene rings is 2. The van der Waals surface area contributed by atoms with E-state index >= 15 is 0 Å². The predicted molar refractivity (Wildman–Crippen MR) is 132 cm³/mol. The average Bonchev–Trinajstić information content (AvgIpc) is 3.13. The molecule has 1 unspecified atom stereocenters. The molecule has 7 heteroatoms. The molecule has 1 aliphatic heterocycles. The lowest BCUT2D eigenvalue weighted by Gasteiger charge is -2.28. The van der Waals surface area contributed by atoms with Crippen LogP contribution in [0, 0.1) is 0 Å². The van der Waals surface area contributed by atoms with Crippen molar-refractivity contribution in [2.45, 2.75) is 33.2 Å². The van der Waals surface area contributed by atoms with Crippen molar-refractivity contribution >= 4 is 17.4 Å². The van der Waals surface area contributed by atoms with E-state index in [1.54, 1.807) is 42.3 Å². The number of hydrogen-bond donors (Lipinski definition) is 1. The van der Waals surface area contributed by atoms with Crippen molar-refractivity contribution in [3.8, 4) is 11.5 Å². The third kappa shape index (κ3) is 4.94. The third-order valence-corrected chi connectivity index (χ3v) is 6.45. The van der Waals surface area contributed by atoms with Gasteiger partial charge in [0.15, 0.2) is 11.5 Å². The van der Waals surface area contributed by atoms with E-state index in [1.807, 2.05) is 19.1 Å². The molecule has 0 bridgehead atoms. The van der Waals surface area contributed by atoms with Crippen LogP contribution in [0.5, 0.6) is 11.5 Å². The van der Waals surface area contributed by atoms with Gasteiger partial charge in [0, 0.05) is 18.7 Å². The first-order valence-electron chi connectivity index (χ1n) is 11.7. The number of amides is 1. The van der Waals surface area contributed by atoms with Gasteiger partial charge in [0.25, 0.3) is 11.7 Å². The van der Waals surface area contributed by atoms with Crippen LogP contribution in [0.1, 0.15) is 43.5 Å². The number of Topliss-reactive ketones (excluding diaryl/α,β-unsaturated/α-hetero) is 1. The predicted octanol–water partition coefficient (Wildman–Crippen LogP) is 4.03. The topological polar surface area (TPSA) is 79.3 Å². The highest BCUT2D eigenvalue weighted by Gasteiger charge is 2.46. The number of likely N-dealkylation sites (tertiary alicyclic amines) is 1. The first-order valence-corrected chi connectivity index (χ1v) is 11.7. The summed E-state index contributed by atoms with van der Waals surface area (Å²) in [6.45, 7) is 8.82. The van der Waals surface area contributed by atoms with Crippen LogP contribution in [0.4, 0.5) is 0 Å². The highest BCUT2D eigenvalue weighted by atomic mass is 16.5. The second kappa shape index (κ2) is 11.2. The summed E-state index contributed by atoms with van der Waals surface area (Å²) in [4.78, 5) is 30.1. The minimum absolute atomic E-state index is 0.0843. The number of methoxy groups -OCH3 is 2. The monoisotopic (exact) mass is 466 g/mol. The lowest BCUT2D eigenvalue weighted by atomic mass is 9.94. The Bertz CT molecular complexity index is 1060. The van der Waals surface area contributed by atoms with Gasteiger partial charge >= 0.3 is 0 Å². The first-order chi connectivity index (χ1) is 16.4. The maximum Gasteiger partial charge on any atom is 0.295 e. The second-order valence-corrected chi connectivity index (χ2v) is 8.18. The molecule has 182 valence electrons. The summed E-state index contributed by atoms with van der Waals surface area (Å²) >= 11 is 0. The maximum atomic E-state index is 13.2. The van der Waals surface area contributed by atoms with Crippen LogP contribution in [-0.2, 0) is 16.0 Å². The summed E-state index contributed by atoms with van der Waals surface area (Å²) < 4.78 is 10.8. The number of ketones is 1. The molecule has 1 heterocycles. The SMILES string of the molecule is CCc1ccc(/C(O)=C2/C(=O)C(=O)N(CCN(CC)CC)C2c2ccc(OC)c(OC)c2)cc1. The smallest absolute Gasteiger partial charge is 0.295 e. The normalized spacial score (nSPS) is 17.5. The molecule has 1 saturated heterocycles. The van der Waals surface area contributed by atoms with Crippen molar-refractivity contribution in [3.05, 3.63) is 64.7 Å². The van der Waals surface area contributed by atoms with E-state index in [9.17, 15) is 14.7 Å². The van der Waals surface area contributed by atoms with Gasteiger partial charge in [-0.25, -0.2) is 0 Å². The fourth-order valence-corrected chi connectivity index (χ4v) is 4.32. The zero-order valence-electron chi connectivity index (χ0n) is 20.6. The molecule has 0 spiro atoms. The van der Waals surface area contributed by atoms with E-state index in [0.29, 0.717) is 35.7 Å². The summed E-state index contributed by atoms with van der Waals surface area (Å²) in [6.07, 6.45) is 0.864. The quantitative estimate of drug-likeness (QED) is 0.324. The minimum atomic E-state index is -0.735. The van der Waals surface area contributed by atoms with Gasteiger partial charge in [0.2, 0.25) is 0 Å². The Balaban J connectivity index is 2.13. The molecule has 1 aliphatic rings. The number of ether oxygens (including phenoxy) is 2. The molecule has 1 atom stereocenters. The lowest BCUT2D eigenvalue weighted by Crippen LogP contribution is -2.38. The summed E-state index contributed by atoms with van der Waals surface area (Å²) in [6, 6.07) is 12.0. The molecule has 1 amide bonds. The molecule has 34 heavy (non-hydrogen) atoms. The van der Waals surface area contributed by atoms with Crippen molar-refractivity contribution in [3.63, 3.8) is 0 Å². The van der Waals surface area contributed by atoms with Crippen LogP contribution in [0.25, 0.3) is 5.76 Å². The zero-order chi connectivity index (χ0) is 24.8. The molecule has 1 fully saturated rings. The van der Waals surface area contributed by atoms with Crippen LogP contribution >= 0.6 is 0 Å². The largest absolute Gasteiger partial charge is 0.507 e. The van der Waals surface area contributed by atoms with E-state index in [-0.39, 0.29) is 11.3 Å². The minimum Gasteiger partial charge on any atom is -0.507 e. The lowest BCUT2D eigenvalue weighted by molar-refractivity contribution is -0.140. The fourth-order valence-electron chi connectivity index (χ4n) is 4.32. The molecule has 2 aromatic rings. The van der Waals surface area contributed by atoms with Crippen molar-refractivity contribution in [2.75, 3.05) is 40.4 Å². The van der Waals surface area contributed by atoms with Crippen LogP contribution in [0.3, 0.4) is 0 Å². The number of carbonyl (C=O) groups is 2. The maximum absolute atomic E-state index is 13.2. The molecule has 0 aliphatic carbocycles. The van der Waals surface area contributed by atoms with Gasteiger partial charge in [0.1, 0.15) is 5.76 Å². The Labute approximate surface area is 201 Å². The Hall–Kier alpha value is -3.32. The molecule has 0 saturated carbocycles. The molecule has 0 radical (unpaired) electrons. The highest BCUT2D eigenvalue weighted by Crippen LogP contribution is 2.41. The molecule has 0 aromatic heterocycles. The number of rotatable bonds is 10.